The van der Waals surface area contributed by atoms with E-state index in [1.165, 1.54) is 17.5 Å². The number of benzene rings is 1. The maximum Gasteiger partial charge on any atom is 0.261 e. The number of aryl methyl sites for hydroxylation is 1. The molecule has 1 aromatic carbocycles. The second kappa shape index (κ2) is 7.80. The van der Waals surface area contributed by atoms with Crippen LogP contribution in [0.15, 0.2) is 71.2 Å². The number of pyridine rings is 1. The van der Waals surface area contributed by atoms with Crippen molar-refractivity contribution in [3.63, 3.8) is 0 Å². The number of nitrogens with zero attached hydrogens (tertiary/aromatic N) is 1. The average molecular weight is 386 g/mol. The van der Waals surface area contributed by atoms with Crippen LogP contribution in [0.25, 0.3) is 0 Å². The highest BCUT2D eigenvalue weighted by Crippen LogP contribution is 2.28. The molecular formula is C19H18N2O3S2. The predicted molar refractivity (Wildman–Crippen MR) is 102 cm³/mol. The molecule has 0 radical (unpaired) electrons. The van der Waals surface area contributed by atoms with E-state index in [-0.39, 0.29) is 17.3 Å². The number of amides is 1. The largest absolute Gasteiger partial charge is 0.350 e. The maximum absolute atomic E-state index is 13.2. The van der Waals surface area contributed by atoms with E-state index < -0.39 is 15.1 Å². The van der Waals surface area contributed by atoms with Gasteiger partial charge in [0.25, 0.3) is 5.91 Å². The van der Waals surface area contributed by atoms with Crippen LogP contribution in [0, 0.1) is 6.92 Å². The van der Waals surface area contributed by atoms with Gasteiger partial charge in [0.1, 0.15) is 5.25 Å². The van der Waals surface area contributed by atoms with Gasteiger partial charge in [-0.25, -0.2) is 8.42 Å². The highest BCUT2D eigenvalue weighted by molar-refractivity contribution is 7.91. The number of carbonyl (C=O) groups is 1. The molecule has 1 unspecified atom stereocenters. The van der Waals surface area contributed by atoms with Gasteiger partial charge in [-0.05, 0) is 42.1 Å². The van der Waals surface area contributed by atoms with E-state index in [0.29, 0.717) is 10.4 Å². The first kappa shape index (κ1) is 18.3. The van der Waals surface area contributed by atoms with Crippen molar-refractivity contribution in [2.24, 2.45) is 0 Å². The smallest absolute Gasteiger partial charge is 0.261 e. The molecular weight excluding hydrogens is 368 g/mol. The van der Waals surface area contributed by atoms with Crippen molar-refractivity contribution in [1.29, 1.82) is 0 Å². The highest BCUT2D eigenvalue weighted by atomic mass is 32.2. The van der Waals surface area contributed by atoms with Gasteiger partial charge >= 0.3 is 0 Å². The number of hydrogen-bond acceptors (Lipinski definition) is 5. The van der Waals surface area contributed by atoms with E-state index in [0.717, 1.165) is 5.56 Å². The minimum absolute atomic E-state index is 0.0291. The molecule has 7 heteroatoms. The Morgan fingerprint density at radius 1 is 1.15 bits per heavy atom. The Bertz CT molecular complexity index is 967. The summed E-state index contributed by atoms with van der Waals surface area (Å²) in [6.07, 6.45) is 3.11. The first-order chi connectivity index (χ1) is 12.5. The fourth-order valence-electron chi connectivity index (χ4n) is 2.55. The van der Waals surface area contributed by atoms with Crippen LogP contribution in [0.2, 0.25) is 0 Å². The zero-order valence-corrected chi connectivity index (χ0v) is 15.8. The lowest BCUT2D eigenvalue weighted by molar-refractivity contribution is 0.0957. The summed E-state index contributed by atoms with van der Waals surface area (Å²) in [5.41, 5.74) is 1.52. The van der Waals surface area contributed by atoms with Gasteiger partial charge in [0.2, 0.25) is 0 Å². The van der Waals surface area contributed by atoms with E-state index >= 15 is 0 Å². The third kappa shape index (κ3) is 4.00. The van der Waals surface area contributed by atoms with Crippen LogP contribution in [-0.2, 0) is 9.84 Å². The van der Waals surface area contributed by atoms with Crippen molar-refractivity contribution in [2.45, 2.75) is 17.1 Å². The molecule has 1 atom stereocenters. The van der Waals surface area contributed by atoms with Crippen molar-refractivity contribution >= 4 is 27.1 Å². The molecule has 2 aromatic heterocycles. The molecule has 2 heterocycles. The molecule has 1 N–H and O–H groups in total. The lowest BCUT2D eigenvalue weighted by atomic mass is 10.2. The SMILES string of the molecule is Cc1ccc(S(=O)(=O)C(CNC(=O)c2cccs2)c2cccnc2)cc1. The molecule has 1 amide bonds. The third-order valence-corrected chi connectivity index (χ3v) is 6.96. The van der Waals surface area contributed by atoms with Crippen molar-refractivity contribution in [3.8, 4) is 0 Å². The summed E-state index contributed by atoms with van der Waals surface area (Å²) >= 11 is 1.31. The molecule has 5 nitrogen and oxygen atoms in total. The summed E-state index contributed by atoms with van der Waals surface area (Å²) in [5.74, 6) is -0.284. The number of hydrogen-bond donors (Lipinski definition) is 1. The Balaban J connectivity index is 1.91. The zero-order valence-electron chi connectivity index (χ0n) is 14.1. The first-order valence-electron chi connectivity index (χ1n) is 8.00. The lowest BCUT2D eigenvalue weighted by Gasteiger charge is -2.18. The fourth-order valence-corrected chi connectivity index (χ4v) is 4.83. The van der Waals surface area contributed by atoms with Crippen LogP contribution in [0.1, 0.15) is 26.0 Å². The van der Waals surface area contributed by atoms with Crippen LogP contribution in [0.5, 0.6) is 0 Å². The van der Waals surface area contributed by atoms with Gasteiger partial charge in [-0.3, -0.25) is 9.78 Å². The molecule has 3 aromatic rings. The third-order valence-electron chi connectivity index (χ3n) is 3.97. The minimum atomic E-state index is -3.69. The minimum Gasteiger partial charge on any atom is -0.350 e. The zero-order chi connectivity index (χ0) is 18.6. The predicted octanol–water partition coefficient (Wildman–Crippen LogP) is 3.40. The number of aromatic nitrogens is 1. The molecule has 0 fully saturated rings. The molecule has 134 valence electrons. The Hall–Kier alpha value is -2.51. The number of sulfone groups is 1. The van der Waals surface area contributed by atoms with Crippen molar-refractivity contribution in [3.05, 3.63) is 82.3 Å². The van der Waals surface area contributed by atoms with E-state index in [2.05, 4.69) is 10.3 Å². The summed E-state index contributed by atoms with van der Waals surface area (Å²) in [4.78, 5) is 17.0. The Labute approximate surface area is 156 Å². The summed E-state index contributed by atoms with van der Waals surface area (Å²) in [7, 11) is -3.69. The molecule has 0 spiro atoms. The van der Waals surface area contributed by atoms with Crippen molar-refractivity contribution in [1.82, 2.24) is 10.3 Å². The van der Waals surface area contributed by atoms with E-state index in [1.807, 2.05) is 6.92 Å². The molecule has 3 rings (SSSR count). The fraction of sp³-hybridized carbons (Fsp3) is 0.158. The molecule has 0 aliphatic carbocycles. The summed E-state index contributed by atoms with van der Waals surface area (Å²) in [5, 5.41) is 3.62. The molecule has 0 aliphatic rings. The number of carbonyl (C=O) groups excluding carboxylic acids is 1. The Morgan fingerprint density at radius 3 is 2.54 bits per heavy atom. The standard InChI is InChI=1S/C19H18N2O3S2/c1-14-6-8-16(9-7-14)26(23,24)18(15-4-2-10-20-12-15)13-21-19(22)17-5-3-11-25-17/h2-12,18H,13H2,1H3,(H,21,22). The van der Waals surface area contributed by atoms with Crippen LogP contribution >= 0.6 is 11.3 Å². The van der Waals surface area contributed by atoms with Gasteiger partial charge < -0.3 is 5.32 Å². The summed E-state index contributed by atoms with van der Waals surface area (Å²) in [6.45, 7) is 1.87. The van der Waals surface area contributed by atoms with Crippen LogP contribution in [0.4, 0.5) is 0 Å². The van der Waals surface area contributed by atoms with Crippen LogP contribution in [0.3, 0.4) is 0 Å². The topological polar surface area (TPSA) is 76.1 Å². The number of rotatable bonds is 6. The molecule has 0 bridgehead atoms. The molecule has 0 aliphatic heterocycles. The van der Waals surface area contributed by atoms with Gasteiger partial charge in [0.15, 0.2) is 9.84 Å². The van der Waals surface area contributed by atoms with E-state index in [4.69, 9.17) is 0 Å². The monoisotopic (exact) mass is 386 g/mol. The Morgan fingerprint density at radius 2 is 1.92 bits per heavy atom. The van der Waals surface area contributed by atoms with Gasteiger partial charge in [-0.2, -0.15) is 0 Å². The average Bonchev–Trinajstić information content (AvgIpc) is 3.17. The summed E-state index contributed by atoms with van der Waals surface area (Å²) < 4.78 is 26.3. The number of nitrogens with one attached hydrogen (secondary N) is 1. The van der Waals surface area contributed by atoms with Crippen LogP contribution < -0.4 is 5.32 Å². The molecule has 26 heavy (non-hydrogen) atoms. The van der Waals surface area contributed by atoms with Gasteiger partial charge in [0, 0.05) is 18.9 Å². The normalized spacial score (nSPS) is 12.5. The highest BCUT2D eigenvalue weighted by Gasteiger charge is 2.30. The lowest BCUT2D eigenvalue weighted by Crippen LogP contribution is -2.31. The second-order valence-electron chi connectivity index (χ2n) is 5.82. The van der Waals surface area contributed by atoms with Gasteiger partial charge in [-0.1, -0.05) is 29.8 Å². The number of thiophene rings is 1. The van der Waals surface area contributed by atoms with Gasteiger partial charge in [-0.15, -0.1) is 11.3 Å². The van der Waals surface area contributed by atoms with Crippen molar-refractivity contribution < 1.29 is 13.2 Å². The maximum atomic E-state index is 13.2. The Kier molecular flexibility index (Phi) is 5.49. The molecule has 0 saturated carbocycles. The van der Waals surface area contributed by atoms with E-state index in [9.17, 15) is 13.2 Å². The second-order valence-corrected chi connectivity index (χ2v) is 8.90. The van der Waals surface area contributed by atoms with Crippen molar-refractivity contribution in [2.75, 3.05) is 6.54 Å². The quantitative estimate of drug-likeness (QED) is 0.704. The van der Waals surface area contributed by atoms with Crippen LogP contribution in [-0.4, -0.2) is 25.9 Å². The van der Waals surface area contributed by atoms with Gasteiger partial charge in [0.05, 0.1) is 9.77 Å². The van der Waals surface area contributed by atoms with E-state index in [1.54, 1.807) is 60.1 Å². The molecule has 0 saturated heterocycles. The first-order valence-corrected chi connectivity index (χ1v) is 10.4. The summed E-state index contributed by atoms with van der Waals surface area (Å²) in [6, 6.07) is 13.6.